The molecule has 0 aromatic rings. The molecular weight excluding hydrogens is 368 g/mol. The summed E-state index contributed by atoms with van der Waals surface area (Å²) >= 11 is 0. The zero-order valence-corrected chi connectivity index (χ0v) is 20.8. The number of aliphatic hydroxyl groups excluding tert-OH is 1. The lowest BCUT2D eigenvalue weighted by molar-refractivity contribution is -0.141. The van der Waals surface area contributed by atoms with Crippen molar-refractivity contribution in [2.45, 2.75) is 124 Å². The number of fused-ring (bicyclic) bond motifs is 5. The van der Waals surface area contributed by atoms with Crippen LogP contribution in [0.5, 0.6) is 0 Å². The highest BCUT2D eigenvalue weighted by atomic mass is 16.3. The van der Waals surface area contributed by atoms with Gasteiger partial charge in [0.05, 0.1) is 11.7 Å². The fourth-order valence-electron chi connectivity index (χ4n) is 9.43. The Labute approximate surface area is 186 Å². The summed E-state index contributed by atoms with van der Waals surface area (Å²) in [7, 11) is 0. The van der Waals surface area contributed by atoms with E-state index in [1.165, 1.54) is 51.4 Å². The van der Waals surface area contributed by atoms with Crippen LogP contribution < -0.4 is 0 Å². The first-order chi connectivity index (χ1) is 14.0. The minimum Gasteiger partial charge on any atom is -0.393 e. The second-order valence-corrected chi connectivity index (χ2v) is 13.4. The number of hydrogen-bond acceptors (Lipinski definition) is 2. The van der Waals surface area contributed by atoms with Crippen LogP contribution in [0, 0.1) is 52.3 Å². The van der Waals surface area contributed by atoms with Crippen LogP contribution in [-0.4, -0.2) is 21.9 Å². The molecule has 0 aromatic carbocycles. The first kappa shape index (κ1) is 23.1. The van der Waals surface area contributed by atoms with Crippen LogP contribution in [0.4, 0.5) is 0 Å². The van der Waals surface area contributed by atoms with Crippen molar-refractivity contribution in [3.63, 3.8) is 0 Å². The van der Waals surface area contributed by atoms with Gasteiger partial charge in [-0.2, -0.15) is 0 Å². The Morgan fingerprint density at radius 3 is 2.17 bits per heavy atom. The summed E-state index contributed by atoms with van der Waals surface area (Å²) in [4.78, 5) is 0. The molecule has 0 spiro atoms. The zero-order valence-electron chi connectivity index (χ0n) is 20.8. The van der Waals surface area contributed by atoms with Gasteiger partial charge in [0.2, 0.25) is 0 Å². The topological polar surface area (TPSA) is 40.5 Å². The molecule has 4 saturated carbocycles. The van der Waals surface area contributed by atoms with Gasteiger partial charge in [0.25, 0.3) is 0 Å². The molecule has 0 radical (unpaired) electrons. The van der Waals surface area contributed by atoms with Crippen LogP contribution in [-0.2, 0) is 0 Å². The zero-order chi connectivity index (χ0) is 21.9. The molecule has 30 heavy (non-hydrogen) atoms. The number of hydrogen-bond donors (Lipinski definition) is 2. The van der Waals surface area contributed by atoms with Crippen molar-refractivity contribution in [3.05, 3.63) is 0 Å². The predicted octanol–water partition coefficient (Wildman–Crippen LogP) is 6.83. The van der Waals surface area contributed by atoms with Crippen molar-refractivity contribution in [2.75, 3.05) is 0 Å². The quantitative estimate of drug-likeness (QED) is 0.513. The Kier molecular flexibility index (Phi) is 6.20. The Morgan fingerprint density at radius 1 is 0.800 bits per heavy atom. The lowest BCUT2D eigenvalue weighted by Crippen LogP contribution is -2.55. The molecule has 4 aliphatic rings. The van der Waals surface area contributed by atoms with E-state index >= 15 is 0 Å². The molecule has 0 amide bonds. The van der Waals surface area contributed by atoms with Crippen LogP contribution in [0.3, 0.4) is 0 Å². The summed E-state index contributed by atoms with van der Waals surface area (Å²) in [5, 5.41) is 21.0. The molecule has 2 N–H and O–H groups in total. The van der Waals surface area contributed by atoms with E-state index < -0.39 is 5.60 Å². The first-order valence-corrected chi connectivity index (χ1v) is 13.4. The summed E-state index contributed by atoms with van der Waals surface area (Å²) in [6.45, 7) is 14.2. The normalized spacial score (nSPS) is 50.5. The van der Waals surface area contributed by atoms with Crippen molar-refractivity contribution in [1.82, 2.24) is 0 Å². The van der Waals surface area contributed by atoms with Crippen molar-refractivity contribution in [3.8, 4) is 0 Å². The maximum absolute atomic E-state index is 10.7. The summed E-state index contributed by atoms with van der Waals surface area (Å²) in [5.41, 5.74) is 0.565. The van der Waals surface area contributed by atoms with Crippen molar-refractivity contribution in [2.24, 2.45) is 52.3 Å². The third-order valence-corrected chi connectivity index (χ3v) is 11.5. The van der Waals surface area contributed by atoms with Gasteiger partial charge in [-0.25, -0.2) is 0 Å². The maximum Gasteiger partial charge on any atom is 0.0622 e. The second-order valence-electron chi connectivity index (χ2n) is 13.4. The Hall–Kier alpha value is -0.0800. The van der Waals surface area contributed by atoms with Crippen molar-refractivity contribution in [1.29, 1.82) is 0 Å². The summed E-state index contributed by atoms with van der Waals surface area (Å²) in [6, 6.07) is 0. The van der Waals surface area contributed by atoms with E-state index in [9.17, 15) is 10.2 Å². The van der Waals surface area contributed by atoms with Gasteiger partial charge >= 0.3 is 0 Å². The Morgan fingerprint density at radius 2 is 1.47 bits per heavy atom. The highest BCUT2D eigenvalue weighted by Crippen LogP contribution is 2.71. The Balaban J connectivity index is 1.48. The Bertz CT molecular complexity index is 612. The molecule has 0 saturated heterocycles. The van der Waals surface area contributed by atoms with Gasteiger partial charge in [-0.15, -0.1) is 0 Å². The van der Waals surface area contributed by atoms with E-state index in [0.29, 0.717) is 16.7 Å². The van der Waals surface area contributed by atoms with Crippen LogP contribution in [0.25, 0.3) is 0 Å². The monoisotopic (exact) mass is 418 g/mol. The van der Waals surface area contributed by atoms with Gasteiger partial charge in [-0.1, -0.05) is 34.6 Å². The standard InChI is InChI=1S/C28H50O2/c1-18(2)25(29)10-7-19(3)23-13-16-28(6)24-9-8-20-17-26(4,30)14-11-21(20)22(24)12-15-27(23,28)5/h18-25,29-30H,7-17H2,1-6H3/t19-,20+,21+,22-,23-,24-,25?,26+,27-,28+/m1/s1. The van der Waals surface area contributed by atoms with Gasteiger partial charge in [0.15, 0.2) is 0 Å². The maximum atomic E-state index is 10.7. The highest BCUT2D eigenvalue weighted by molar-refractivity contribution is 5.13. The molecule has 1 unspecified atom stereocenters. The molecule has 0 aromatic heterocycles. The molecule has 2 heteroatoms. The van der Waals surface area contributed by atoms with Crippen LogP contribution in [0.1, 0.15) is 112 Å². The van der Waals surface area contributed by atoms with E-state index in [2.05, 4.69) is 41.5 Å². The summed E-state index contributed by atoms with van der Waals surface area (Å²) < 4.78 is 0. The number of rotatable bonds is 5. The molecule has 0 bridgehead atoms. The van der Waals surface area contributed by atoms with Crippen molar-refractivity contribution < 1.29 is 10.2 Å². The average Bonchev–Trinajstić information content (AvgIpc) is 2.96. The van der Waals surface area contributed by atoms with Crippen LogP contribution >= 0.6 is 0 Å². The third-order valence-electron chi connectivity index (χ3n) is 11.5. The van der Waals surface area contributed by atoms with Gasteiger partial charge in [0.1, 0.15) is 0 Å². The van der Waals surface area contributed by atoms with Crippen LogP contribution in [0.2, 0.25) is 0 Å². The van der Waals surface area contributed by atoms with Gasteiger partial charge in [-0.3, -0.25) is 0 Å². The SMILES string of the molecule is CC(C)C(O)CC[C@@H](C)[C@H]1CC[C@@]2(C)[C@@H]3CC[C@H]4C[C@@](C)(O)CC[C@@H]4[C@H]3CC[C@]12C. The van der Waals surface area contributed by atoms with Gasteiger partial charge < -0.3 is 10.2 Å². The molecular formula is C28H50O2. The smallest absolute Gasteiger partial charge is 0.0622 e. The molecule has 10 atom stereocenters. The average molecular weight is 419 g/mol. The van der Waals surface area contributed by atoms with E-state index in [0.717, 1.165) is 54.8 Å². The summed E-state index contributed by atoms with van der Waals surface area (Å²) in [6.07, 6.45) is 13.8. The van der Waals surface area contributed by atoms with E-state index in [1.807, 2.05) is 0 Å². The summed E-state index contributed by atoms with van der Waals surface area (Å²) in [5.74, 6) is 5.40. The predicted molar refractivity (Wildman–Crippen MR) is 125 cm³/mol. The minimum atomic E-state index is -0.407. The van der Waals surface area contributed by atoms with E-state index in [-0.39, 0.29) is 6.10 Å². The highest BCUT2D eigenvalue weighted by Gasteiger charge is 2.64. The first-order valence-electron chi connectivity index (χ1n) is 13.4. The van der Waals surface area contributed by atoms with Gasteiger partial charge in [0, 0.05) is 0 Å². The molecule has 4 aliphatic carbocycles. The van der Waals surface area contributed by atoms with E-state index in [4.69, 9.17) is 0 Å². The van der Waals surface area contributed by atoms with Crippen LogP contribution in [0.15, 0.2) is 0 Å². The number of aliphatic hydroxyl groups is 2. The lowest BCUT2D eigenvalue weighted by Gasteiger charge is -2.62. The molecule has 0 heterocycles. The molecule has 0 aliphatic heterocycles. The second kappa shape index (κ2) is 8.05. The minimum absolute atomic E-state index is 0.137. The molecule has 4 fully saturated rings. The molecule has 2 nitrogen and oxygen atoms in total. The third kappa shape index (κ3) is 3.70. The van der Waals surface area contributed by atoms with Gasteiger partial charge in [-0.05, 0) is 130 Å². The fourth-order valence-corrected chi connectivity index (χ4v) is 9.43. The molecule has 174 valence electrons. The van der Waals surface area contributed by atoms with Crippen molar-refractivity contribution >= 4 is 0 Å². The van der Waals surface area contributed by atoms with E-state index in [1.54, 1.807) is 0 Å². The lowest BCUT2D eigenvalue weighted by atomic mass is 9.43. The fraction of sp³-hybridized carbons (Fsp3) is 1.00. The molecule has 4 rings (SSSR count). The largest absolute Gasteiger partial charge is 0.393 e.